The first-order valence-electron chi connectivity index (χ1n) is 9.43. The molecule has 0 aromatic heterocycles. The molecule has 8 heteroatoms. The Bertz CT molecular complexity index is 735. The van der Waals surface area contributed by atoms with E-state index in [1.54, 1.807) is 13.8 Å². The predicted octanol–water partition coefficient (Wildman–Crippen LogP) is 2.29. The summed E-state index contributed by atoms with van der Waals surface area (Å²) in [6.07, 6.45) is 2.76. The molecule has 1 saturated heterocycles. The number of rotatable bonds is 9. The lowest BCUT2D eigenvalue weighted by Gasteiger charge is -2.28. The number of hydrogen-bond donors (Lipinski definition) is 2. The summed E-state index contributed by atoms with van der Waals surface area (Å²) in [5.41, 5.74) is 1.79. The Morgan fingerprint density at radius 2 is 1.74 bits per heavy atom. The first-order valence-corrected chi connectivity index (χ1v) is 11.0. The van der Waals surface area contributed by atoms with Gasteiger partial charge in [0.25, 0.3) is 0 Å². The van der Waals surface area contributed by atoms with Gasteiger partial charge in [0, 0.05) is 50.3 Å². The van der Waals surface area contributed by atoms with E-state index in [1.807, 2.05) is 24.3 Å². The van der Waals surface area contributed by atoms with E-state index >= 15 is 0 Å². The number of sulfonamides is 1. The quantitative estimate of drug-likeness (QED) is 0.626. The third kappa shape index (κ3) is 6.95. The van der Waals surface area contributed by atoms with Crippen molar-refractivity contribution < 1.29 is 18.0 Å². The smallest absolute Gasteiger partial charge is 0.224 e. The Morgan fingerprint density at radius 3 is 2.33 bits per heavy atom. The van der Waals surface area contributed by atoms with Gasteiger partial charge in [-0.3, -0.25) is 9.59 Å². The van der Waals surface area contributed by atoms with Crippen molar-refractivity contribution in [2.24, 2.45) is 0 Å². The van der Waals surface area contributed by atoms with Crippen molar-refractivity contribution in [3.8, 4) is 0 Å². The Balaban J connectivity index is 1.69. The lowest BCUT2D eigenvalue weighted by molar-refractivity contribution is -0.119. The fourth-order valence-electron chi connectivity index (χ4n) is 2.79. The normalized spacial score (nSPS) is 15.2. The summed E-state index contributed by atoms with van der Waals surface area (Å²) in [5.74, 6) is 0.227. The molecule has 1 aliphatic rings. The van der Waals surface area contributed by atoms with E-state index in [-0.39, 0.29) is 5.91 Å². The van der Waals surface area contributed by atoms with Crippen LogP contribution in [0.25, 0.3) is 0 Å². The molecule has 0 spiro atoms. The van der Waals surface area contributed by atoms with Gasteiger partial charge in [-0.15, -0.1) is 0 Å². The fraction of sp³-hybridized carbons (Fsp3) is 0.579. The highest BCUT2D eigenvalue weighted by molar-refractivity contribution is 7.90. The van der Waals surface area contributed by atoms with E-state index in [2.05, 4.69) is 14.9 Å². The zero-order valence-corrected chi connectivity index (χ0v) is 16.8. The van der Waals surface area contributed by atoms with Crippen molar-refractivity contribution in [2.45, 2.75) is 51.2 Å². The Labute approximate surface area is 161 Å². The van der Waals surface area contributed by atoms with Crippen LogP contribution in [0.3, 0.4) is 0 Å². The third-order valence-corrected chi connectivity index (χ3v) is 6.44. The molecule has 27 heavy (non-hydrogen) atoms. The van der Waals surface area contributed by atoms with Crippen LogP contribution in [0, 0.1) is 0 Å². The molecule has 0 aliphatic carbocycles. The summed E-state index contributed by atoms with van der Waals surface area (Å²) in [5, 5.41) is 2.40. The summed E-state index contributed by atoms with van der Waals surface area (Å²) >= 11 is 0. The van der Waals surface area contributed by atoms with Crippen LogP contribution in [-0.2, 0) is 19.6 Å². The maximum Gasteiger partial charge on any atom is 0.224 e. The van der Waals surface area contributed by atoms with Gasteiger partial charge in [-0.05, 0) is 51.0 Å². The first kappa shape index (κ1) is 21.4. The van der Waals surface area contributed by atoms with Crippen LogP contribution < -0.4 is 14.9 Å². The van der Waals surface area contributed by atoms with Crippen molar-refractivity contribution in [1.29, 1.82) is 0 Å². The van der Waals surface area contributed by atoms with Crippen LogP contribution in [0.15, 0.2) is 24.3 Å². The second-order valence-corrected chi connectivity index (χ2v) is 9.39. The van der Waals surface area contributed by atoms with Gasteiger partial charge in [0.2, 0.25) is 15.9 Å². The third-order valence-electron chi connectivity index (χ3n) is 4.59. The van der Waals surface area contributed by atoms with E-state index in [9.17, 15) is 18.0 Å². The van der Waals surface area contributed by atoms with E-state index < -0.39 is 15.3 Å². The topological polar surface area (TPSA) is 95.6 Å². The van der Waals surface area contributed by atoms with Crippen molar-refractivity contribution in [3.63, 3.8) is 0 Å². The largest absolute Gasteiger partial charge is 0.371 e. The van der Waals surface area contributed by atoms with Gasteiger partial charge in [-0.25, -0.2) is 13.1 Å². The van der Waals surface area contributed by atoms with Crippen LogP contribution in [0.4, 0.5) is 11.4 Å². The second-order valence-electron chi connectivity index (χ2n) is 7.07. The van der Waals surface area contributed by atoms with Gasteiger partial charge in [0.1, 0.15) is 5.78 Å². The zero-order chi connectivity index (χ0) is 19.9. The molecule has 0 unspecified atom stereocenters. The highest BCUT2D eigenvalue weighted by atomic mass is 32.2. The van der Waals surface area contributed by atoms with Gasteiger partial charge < -0.3 is 10.2 Å². The number of anilines is 2. The van der Waals surface area contributed by atoms with Crippen molar-refractivity contribution >= 4 is 33.1 Å². The molecule has 7 nitrogen and oxygen atoms in total. The van der Waals surface area contributed by atoms with E-state index in [0.717, 1.165) is 24.5 Å². The average molecular weight is 396 g/mol. The first-order chi connectivity index (χ1) is 12.8. The fourth-order valence-corrected chi connectivity index (χ4v) is 3.55. The number of benzene rings is 1. The number of unbranched alkanes of at least 4 members (excludes halogenated alkanes) is 1. The molecule has 0 bridgehead atoms. The molecule has 0 atom stereocenters. The number of ketones is 1. The molecule has 1 aromatic rings. The van der Waals surface area contributed by atoms with Gasteiger partial charge in [0.05, 0.1) is 5.25 Å². The van der Waals surface area contributed by atoms with Gasteiger partial charge in [-0.1, -0.05) is 0 Å². The van der Waals surface area contributed by atoms with Crippen molar-refractivity contribution in [1.82, 2.24) is 4.72 Å². The Morgan fingerprint density at radius 1 is 1.11 bits per heavy atom. The van der Waals surface area contributed by atoms with Gasteiger partial charge >= 0.3 is 0 Å². The maximum atomic E-state index is 12.0. The molecule has 2 rings (SSSR count). The molecule has 1 amide bonds. The standard InChI is InChI=1S/C19H29N3O4S/c1-15(2)27(25,26)20-12-4-3-5-19(24)21-16-6-8-17(9-7-16)22-13-10-18(23)11-14-22/h6-9,15,20H,3-5,10-14H2,1-2H3,(H,21,24). The summed E-state index contributed by atoms with van der Waals surface area (Å²) in [6, 6.07) is 7.62. The van der Waals surface area contributed by atoms with Gasteiger partial charge in [-0.2, -0.15) is 0 Å². The molecule has 1 heterocycles. The number of amides is 1. The summed E-state index contributed by atoms with van der Waals surface area (Å²) < 4.78 is 25.8. The van der Waals surface area contributed by atoms with Crippen LogP contribution in [0.1, 0.15) is 46.0 Å². The Hall–Kier alpha value is -1.93. The second kappa shape index (κ2) is 9.85. The molecule has 1 fully saturated rings. The Kier molecular flexibility index (Phi) is 7.79. The van der Waals surface area contributed by atoms with E-state index in [0.29, 0.717) is 44.4 Å². The lowest BCUT2D eigenvalue weighted by atomic mass is 10.1. The number of nitrogens with one attached hydrogen (secondary N) is 2. The van der Waals surface area contributed by atoms with Crippen LogP contribution in [-0.4, -0.2) is 45.0 Å². The van der Waals surface area contributed by atoms with Crippen molar-refractivity contribution in [3.05, 3.63) is 24.3 Å². The average Bonchev–Trinajstić information content (AvgIpc) is 2.62. The van der Waals surface area contributed by atoms with Crippen molar-refractivity contribution in [2.75, 3.05) is 29.9 Å². The van der Waals surface area contributed by atoms with Crippen LogP contribution in [0.5, 0.6) is 0 Å². The number of nitrogens with zero attached hydrogens (tertiary/aromatic N) is 1. The predicted molar refractivity (Wildman–Crippen MR) is 107 cm³/mol. The molecule has 2 N–H and O–H groups in total. The summed E-state index contributed by atoms with van der Waals surface area (Å²) in [4.78, 5) is 25.5. The lowest BCUT2D eigenvalue weighted by Crippen LogP contribution is -2.33. The number of carbonyl (C=O) groups is 2. The van der Waals surface area contributed by atoms with E-state index in [1.165, 1.54) is 0 Å². The molecule has 0 saturated carbocycles. The number of carbonyl (C=O) groups excluding carboxylic acids is 2. The highest BCUT2D eigenvalue weighted by Gasteiger charge is 2.16. The highest BCUT2D eigenvalue weighted by Crippen LogP contribution is 2.21. The number of piperidine rings is 1. The molecule has 1 aliphatic heterocycles. The maximum absolute atomic E-state index is 12.0. The monoisotopic (exact) mass is 395 g/mol. The summed E-state index contributed by atoms with van der Waals surface area (Å²) in [6.45, 7) is 5.09. The molecule has 1 aromatic carbocycles. The minimum atomic E-state index is -3.24. The molecule has 150 valence electrons. The molecular formula is C19H29N3O4S. The van der Waals surface area contributed by atoms with Gasteiger partial charge in [0.15, 0.2) is 0 Å². The SMILES string of the molecule is CC(C)S(=O)(=O)NCCCCC(=O)Nc1ccc(N2CCC(=O)CC2)cc1. The van der Waals surface area contributed by atoms with Crippen LogP contribution >= 0.6 is 0 Å². The van der Waals surface area contributed by atoms with E-state index in [4.69, 9.17) is 0 Å². The zero-order valence-electron chi connectivity index (χ0n) is 16.0. The van der Waals surface area contributed by atoms with Crippen LogP contribution in [0.2, 0.25) is 0 Å². The molecular weight excluding hydrogens is 366 g/mol. The minimum absolute atomic E-state index is 0.0852. The molecule has 0 radical (unpaired) electrons. The minimum Gasteiger partial charge on any atom is -0.371 e. The number of Topliss-reactive ketones (excluding diaryl/α,β-unsaturated/α-hetero) is 1. The number of hydrogen-bond acceptors (Lipinski definition) is 5. The summed E-state index contributed by atoms with van der Waals surface area (Å²) in [7, 11) is -3.24.